The highest BCUT2D eigenvalue weighted by Gasteiger charge is 2.36. The van der Waals surface area contributed by atoms with Gasteiger partial charge in [-0.25, -0.2) is 0 Å². The molecule has 0 aromatic heterocycles. The molecule has 1 saturated heterocycles. The number of hydrogen-bond donors (Lipinski definition) is 1. The fraction of sp³-hybridized carbons (Fsp3) is 0.143. The number of para-hydroxylation sites is 1. The Balaban J connectivity index is 2.31. The van der Waals surface area contributed by atoms with Gasteiger partial charge < -0.3 is 9.84 Å². The number of rotatable bonds is 4. The Bertz CT molecular complexity index is 696. The smallest absolute Gasteiger partial charge is 0.323 e. The Morgan fingerprint density at radius 2 is 2.00 bits per heavy atom. The molecule has 0 bridgehead atoms. The van der Waals surface area contributed by atoms with E-state index >= 15 is 0 Å². The monoisotopic (exact) mass is 321 g/mol. The van der Waals surface area contributed by atoms with E-state index in [2.05, 4.69) is 0 Å². The van der Waals surface area contributed by atoms with Crippen molar-refractivity contribution >= 4 is 40.9 Å². The molecule has 0 spiro atoms. The van der Waals surface area contributed by atoms with Crippen LogP contribution in [-0.2, 0) is 14.4 Å². The van der Waals surface area contributed by atoms with Gasteiger partial charge in [0.05, 0.1) is 4.91 Å². The lowest BCUT2D eigenvalue weighted by Gasteiger charge is -2.08. The highest BCUT2D eigenvalue weighted by Crippen LogP contribution is 2.33. The number of esters is 1. The van der Waals surface area contributed by atoms with E-state index < -0.39 is 29.6 Å². The summed E-state index contributed by atoms with van der Waals surface area (Å²) in [6.07, 6.45) is 1.39. The third-order valence-corrected chi connectivity index (χ3v) is 3.53. The molecule has 0 aliphatic carbocycles. The van der Waals surface area contributed by atoms with Crippen LogP contribution in [0, 0.1) is 0 Å². The number of imide groups is 1. The van der Waals surface area contributed by atoms with Crippen LogP contribution in [0.3, 0.4) is 0 Å². The fourth-order valence-corrected chi connectivity index (χ4v) is 2.59. The molecular formula is C14H11NO6S. The predicted molar refractivity (Wildman–Crippen MR) is 78.1 cm³/mol. The minimum absolute atomic E-state index is 0.0749. The first kappa shape index (κ1) is 15.8. The van der Waals surface area contributed by atoms with E-state index in [4.69, 9.17) is 9.84 Å². The molecular weight excluding hydrogens is 310 g/mol. The lowest BCUT2D eigenvalue weighted by molar-refractivity contribution is -0.140. The molecule has 0 radical (unpaired) electrons. The van der Waals surface area contributed by atoms with Gasteiger partial charge in [0.15, 0.2) is 0 Å². The van der Waals surface area contributed by atoms with Crippen LogP contribution in [0.4, 0.5) is 4.79 Å². The Labute approximate surface area is 129 Å². The van der Waals surface area contributed by atoms with Crippen LogP contribution in [0.25, 0.3) is 6.08 Å². The molecule has 1 heterocycles. The molecule has 0 atom stereocenters. The highest BCUT2D eigenvalue weighted by molar-refractivity contribution is 8.18. The van der Waals surface area contributed by atoms with Crippen LogP contribution in [0.15, 0.2) is 29.2 Å². The average Bonchev–Trinajstić information content (AvgIpc) is 2.68. The van der Waals surface area contributed by atoms with Crippen LogP contribution in [0.2, 0.25) is 0 Å². The summed E-state index contributed by atoms with van der Waals surface area (Å²) >= 11 is 0.641. The van der Waals surface area contributed by atoms with Gasteiger partial charge in [-0.15, -0.1) is 0 Å². The minimum Gasteiger partial charge on any atom is -0.480 e. The normalized spacial score (nSPS) is 16.2. The number of carbonyl (C=O) groups is 4. The number of carboxylic acid groups (broad SMARTS) is 1. The molecule has 2 rings (SSSR count). The van der Waals surface area contributed by atoms with E-state index in [1.54, 1.807) is 24.3 Å². The van der Waals surface area contributed by atoms with Crippen molar-refractivity contribution in [2.75, 3.05) is 6.54 Å². The molecule has 7 nitrogen and oxygen atoms in total. The van der Waals surface area contributed by atoms with E-state index in [1.807, 2.05) is 0 Å². The van der Waals surface area contributed by atoms with E-state index in [-0.39, 0.29) is 10.7 Å². The maximum Gasteiger partial charge on any atom is 0.323 e. The molecule has 1 N–H and O–H groups in total. The quantitative estimate of drug-likeness (QED) is 0.512. The van der Waals surface area contributed by atoms with E-state index in [1.165, 1.54) is 13.0 Å². The number of amides is 2. The lowest BCUT2D eigenvalue weighted by atomic mass is 10.2. The summed E-state index contributed by atoms with van der Waals surface area (Å²) in [7, 11) is 0. The number of aliphatic carboxylic acids is 1. The zero-order valence-corrected chi connectivity index (χ0v) is 12.3. The summed E-state index contributed by atoms with van der Waals surface area (Å²) in [5.74, 6) is -2.22. The van der Waals surface area contributed by atoms with Gasteiger partial charge in [0.2, 0.25) is 0 Å². The summed E-state index contributed by atoms with van der Waals surface area (Å²) in [6, 6.07) is 6.50. The molecule has 2 amide bonds. The van der Waals surface area contributed by atoms with Crippen LogP contribution in [0.5, 0.6) is 5.75 Å². The number of hydrogen-bond acceptors (Lipinski definition) is 6. The first-order valence-electron chi connectivity index (χ1n) is 6.13. The molecule has 1 fully saturated rings. The second-order valence-electron chi connectivity index (χ2n) is 4.29. The Kier molecular flexibility index (Phi) is 4.62. The van der Waals surface area contributed by atoms with Crippen molar-refractivity contribution in [1.29, 1.82) is 0 Å². The third kappa shape index (κ3) is 3.53. The standard InChI is InChI=1S/C14H11NO6S/c1-8(16)21-10-5-3-2-4-9(10)6-11-13(19)15(7-12(17)18)14(20)22-11/h2-6H,7H2,1H3,(H,17,18)/b11-6-. The van der Waals surface area contributed by atoms with E-state index in [9.17, 15) is 19.2 Å². The van der Waals surface area contributed by atoms with Crippen molar-refractivity contribution in [1.82, 2.24) is 4.90 Å². The van der Waals surface area contributed by atoms with Gasteiger partial charge in [-0.1, -0.05) is 18.2 Å². The molecule has 114 valence electrons. The van der Waals surface area contributed by atoms with Gasteiger partial charge in [-0.3, -0.25) is 24.1 Å². The summed E-state index contributed by atoms with van der Waals surface area (Å²) in [5, 5.41) is 8.05. The molecule has 1 aliphatic rings. The topological polar surface area (TPSA) is 101 Å². The Morgan fingerprint density at radius 3 is 2.64 bits per heavy atom. The van der Waals surface area contributed by atoms with E-state index in [0.717, 1.165) is 0 Å². The Morgan fingerprint density at radius 1 is 1.32 bits per heavy atom. The average molecular weight is 321 g/mol. The minimum atomic E-state index is -1.27. The van der Waals surface area contributed by atoms with Crippen molar-refractivity contribution < 1.29 is 29.0 Å². The SMILES string of the molecule is CC(=O)Oc1ccccc1/C=C1\SC(=O)N(CC(=O)O)C1=O. The summed E-state index contributed by atoms with van der Waals surface area (Å²) in [5.41, 5.74) is 0.443. The maximum absolute atomic E-state index is 12.0. The number of thioether (sulfide) groups is 1. The van der Waals surface area contributed by atoms with E-state index in [0.29, 0.717) is 22.2 Å². The van der Waals surface area contributed by atoms with Crippen molar-refractivity contribution in [2.24, 2.45) is 0 Å². The van der Waals surface area contributed by atoms with Crippen molar-refractivity contribution in [2.45, 2.75) is 6.92 Å². The van der Waals surface area contributed by atoms with Crippen LogP contribution < -0.4 is 4.74 Å². The molecule has 8 heteroatoms. The molecule has 1 aromatic rings. The summed E-state index contributed by atoms with van der Waals surface area (Å²) in [4.78, 5) is 46.1. The van der Waals surface area contributed by atoms with Crippen molar-refractivity contribution in [3.63, 3.8) is 0 Å². The molecule has 22 heavy (non-hydrogen) atoms. The number of benzene rings is 1. The number of carboxylic acids is 1. The maximum atomic E-state index is 12.0. The molecule has 0 unspecified atom stereocenters. The van der Waals surface area contributed by atoms with Gasteiger partial charge >= 0.3 is 11.9 Å². The second-order valence-corrected chi connectivity index (χ2v) is 5.29. The van der Waals surface area contributed by atoms with Gasteiger partial charge in [0.25, 0.3) is 11.1 Å². The molecule has 0 saturated carbocycles. The largest absolute Gasteiger partial charge is 0.480 e. The first-order chi connectivity index (χ1) is 10.4. The zero-order valence-electron chi connectivity index (χ0n) is 11.4. The number of carbonyl (C=O) groups excluding carboxylic acids is 3. The zero-order chi connectivity index (χ0) is 16.3. The molecule has 1 aliphatic heterocycles. The van der Waals surface area contributed by atoms with Crippen LogP contribution >= 0.6 is 11.8 Å². The first-order valence-corrected chi connectivity index (χ1v) is 6.94. The van der Waals surface area contributed by atoms with Gasteiger partial charge in [0.1, 0.15) is 12.3 Å². The van der Waals surface area contributed by atoms with Crippen molar-refractivity contribution in [3.8, 4) is 5.75 Å². The fourth-order valence-electron chi connectivity index (χ4n) is 1.76. The number of ether oxygens (including phenoxy) is 1. The predicted octanol–water partition coefficient (Wildman–Crippen LogP) is 1.73. The number of nitrogens with zero attached hydrogens (tertiary/aromatic N) is 1. The van der Waals surface area contributed by atoms with Gasteiger partial charge in [-0.05, 0) is 23.9 Å². The van der Waals surface area contributed by atoms with Gasteiger partial charge in [0, 0.05) is 12.5 Å². The van der Waals surface area contributed by atoms with Crippen LogP contribution in [0.1, 0.15) is 12.5 Å². The third-order valence-electron chi connectivity index (χ3n) is 2.63. The van der Waals surface area contributed by atoms with Crippen LogP contribution in [-0.4, -0.2) is 39.6 Å². The van der Waals surface area contributed by atoms with Gasteiger partial charge in [-0.2, -0.15) is 0 Å². The lowest BCUT2D eigenvalue weighted by Crippen LogP contribution is -2.33. The van der Waals surface area contributed by atoms with Crippen molar-refractivity contribution in [3.05, 3.63) is 34.7 Å². The summed E-state index contributed by atoms with van der Waals surface area (Å²) < 4.78 is 5.01. The highest BCUT2D eigenvalue weighted by atomic mass is 32.2. The summed E-state index contributed by atoms with van der Waals surface area (Å²) in [6.45, 7) is 0.561. The Hall–Kier alpha value is -2.61. The second kappa shape index (κ2) is 6.44. The molecule has 1 aromatic carbocycles.